The Morgan fingerprint density at radius 2 is 0.520 bits per heavy atom. The van der Waals surface area contributed by atoms with Crippen molar-refractivity contribution >= 4 is 0 Å². The maximum Gasteiger partial charge on any atom is 0.0701 e. The van der Waals surface area contributed by atoms with Gasteiger partial charge in [0.1, 0.15) is 0 Å². The van der Waals surface area contributed by atoms with E-state index in [1.54, 1.807) is 0 Å². The molecule has 0 heterocycles. The molecular formula is C44H88O6. The highest BCUT2D eigenvalue weighted by Crippen LogP contribution is 2.12. The van der Waals surface area contributed by atoms with Gasteiger partial charge in [-0.1, -0.05) is 154 Å². The van der Waals surface area contributed by atoms with Crippen LogP contribution in [0.5, 0.6) is 0 Å². The van der Waals surface area contributed by atoms with Gasteiger partial charge in [-0.15, -0.1) is 0 Å². The smallest absolute Gasteiger partial charge is 0.0701 e. The van der Waals surface area contributed by atoms with Crippen LogP contribution >= 0.6 is 0 Å². The Bertz CT molecular complexity index is 561. The summed E-state index contributed by atoms with van der Waals surface area (Å²) in [6.45, 7) is 9.30. The number of allylic oxidation sites excluding steroid dienone is 4. The highest BCUT2D eigenvalue weighted by atomic mass is 16.5. The van der Waals surface area contributed by atoms with E-state index in [-0.39, 0.29) is 13.2 Å². The van der Waals surface area contributed by atoms with Gasteiger partial charge in [0.25, 0.3) is 0 Å². The summed E-state index contributed by atoms with van der Waals surface area (Å²) in [4.78, 5) is 0. The van der Waals surface area contributed by atoms with E-state index >= 15 is 0 Å². The molecule has 0 saturated carbocycles. The maximum absolute atomic E-state index is 8.36. The summed E-state index contributed by atoms with van der Waals surface area (Å²) >= 11 is 0. The molecule has 50 heavy (non-hydrogen) atoms. The molecule has 0 saturated heterocycles. The first kappa shape index (κ1) is 51.3. The Labute approximate surface area is 312 Å². The van der Waals surface area contributed by atoms with E-state index in [1.165, 1.54) is 180 Å². The molecule has 0 aromatic carbocycles. The zero-order chi connectivity index (χ0) is 36.5. The first-order chi connectivity index (χ1) is 24.8. The molecule has 0 unspecified atom stereocenters. The molecule has 6 nitrogen and oxygen atoms in total. The van der Waals surface area contributed by atoms with Gasteiger partial charge in [-0.2, -0.15) is 0 Å². The molecule has 0 spiro atoms. The standard InChI is InChI=1S/C36H70O.C8H18O5/c1-3-5-7-9-11-13-15-17-19-21-23-25-27-29-31-33-35-37-36-34-32-30-28-26-24-22-20-18-16-14-12-10-8-6-4-2;9-1-3-11-5-7-13-8-6-12-4-2-10/h17-20H,3-16,21-36H2,1-2H3;9-10H,1-8H2/b19-17-,20-18-;. The van der Waals surface area contributed by atoms with Crippen molar-refractivity contribution in [3.63, 3.8) is 0 Å². The Kier molecular flexibility index (Phi) is 54.0. The zero-order valence-corrected chi connectivity index (χ0v) is 33.7. The second-order valence-electron chi connectivity index (χ2n) is 13.8. The number of aliphatic hydroxyl groups is 2. The van der Waals surface area contributed by atoms with Crippen LogP contribution in [0.25, 0.3) is 0 Å². The zero-order valence-electron chi connectivity index (χ0n) is 33.7. The summed E-state index contributed by atoms with van der Waals surface area (Å²) in [5.41, 5.74) is 0. The van der Waals surface area contributed by atoms with E-state index in [0.29, 0.717) is 39.6 Å². The van der Waals surface area contributed by atoms with Gasteiger partial charge in [0.05, 0.1) is 52.9 Å². The van der Waals surface area contributed by atoms with Crippen molar-refractivity contribution in [3.8, 4) is 0 Å². The molecule has 0 aromatic heterocycles. The summed E-state index contributed by atoms with van der Waals surface area (Å²) in [7, 11) is 0. The minimum atomic E-state index is 0.0413. The SMILES string of the molecule is CCCCCCCC/C=C\CCCCCCCCOCCCCCCCC/C=C\CCCCCCCC.OCCOCCOCCOCCO. The van der Waals surface area contributed by atoms with Gasteiger partial charge >= 0.3 is 0 Å². The topological polar surface area (TPSA) is 77.4 Å². The summed E-state index contributed by atoms with van der Waals surface area (Å²) in [6, 6.07) is 0. The Balaban J connectivity index is 0. The lowest BCUT2D eigenvalue weighted by Crippen LogP contribution is -2.11. The molecule has 0 aliphatic carbocycles. The molecule has 0 radical (unpaired) electrons. The molecule has 6 heteroatoms. The molecule has 2 N–H and O–H groups in total. The van der Waals surface area contributed by atoms with E-state index < -0.39 is 0 Å². The van der Waals surface area contributed by atoms with Crippen LogP contribution in [0.3, 0.4) is 0 Å². The minimum Gasteiger partial charge on any atom is -0.394 e. The van der Waals surface area contributed by atoms with E-state index in [9.17, 15) is 0 Å². The van der Waals surface area contributed by atoms with Gasteiger partial charge < -0.3 is 29.2 Å². The first-order valence-corrected chi connectivity index (χ1v) is 21.7. The van der Waals surface area contributed by atoms with Crippen LogP contribution in [0.2, 0.25) is 0 Å². The molecule has 0 rings (SSSR count). The van der Waals surface area contributed by atoms with Crippen molar-refractivity contribution in [2.45, 2.75) is 194 Å². The van der Waals surface area contributed by atoms with Crippen molar-refractivity contribution in [3.05, 3.63) is 24.3 Å². The van der Waals surface area contributed by atoms with Gasteiger partial charge in [-0.25, -0.2) is 0 Å². The minimum absolute atomic E-state index is 0.0413. The number of hydrogen-bond acceptors (Lipinski definition) is 6. The summed E-state index contributed by atoms with van der Waals surface area (Å²) < 4.78 is 20.9. The van der Waals surface area contributed by atoms with Crippen LogP contribution in [0.15, 0.2) is 24.3 Å². The molecule has 0 aromatic rings. The van der Waals surface area contributed by atoms with Crippen LogP contribution in [0, 0.1) is 0 Å². The number of hydrogen-bond donors (Lipinski definition) is 2. The fourth-order valence-corrected chi connectivity index (χ4v) is 5.68. The van der Waals surface area contributed by atoms with Gasteiger partial charge in [-0.3, -0.25) is 0 Å². The first-order valence-electron chi connectivity index (χ1n) is 21.7. The van der Waals surface area contributed by atoms with E-state index in [2.05, 4.69) is 38.2 Å². The summed E-state index contributed by atoms with van der Waals surface area (Å²) in [5, 5.41) is 16.7. The average Bonchev–Trinajstić information content (AvgIpc) is 3.13. The van der Waals surface area contributed by atoms with Crippen molar-refractivity contribution in [1.82, 2.24) is 0 Å². The second kappa shape index (κ2) is 52.6. The number of aliphatic hydroxyl groups excluding tert-OH is 2. The van der Waals surface area contributed by atoms with E-state index in [0.717, 1.165) is 13.2 Å². The molecule has 0 aliphatic heterocycles. The number of ether oxygens (including phenoxy) is 4. The number of rotatable bonds is 42. The quantitative estimate of drug-likeness (QED) is 0.0485. The molecule has 300 valence electrons. The number of unbranched alkanes of at least 4 members (excludes halogenated alkanes) is 24. The third kappa shape index (κ3) is 54.0. The lowest BCUT2D eigenvalue weighted by molar-refractivity contribution is 0.00230. The largest absolute Gasteiger partial charge is 0.394 e. The van der Waals surface area contributed by atoms with Crippen LogP contribution in [-0.2, 0) is 18.9 Å². The molecule has 0 bridgehead atoms. The van der Waals surface area contributed by atoms with Crippen molar-refractivity contribution in [1.29, 1.82) is 0 Å². The van der Waals surface area contributed by atoms with E-state index in [4.69, 9.17) is 29.2 Å². The third-order valence-electron chi connectivity index (χ3n) is 8.82. The molecular weight excluding hydrogens is 624 g/mol. The van der Waals surface area contributed by atoms with Crippen molar-refractivity contribution < 1.29 is 29.2 Å². The van der Waals surface area contributed by atoms with Gasteiger partial charge in [0.15, 0.2) is 0 Å². The monoisotopic (exact) mass is 713 g/mol. The maximum atomic E-state index is 8.36. The van der Waals surface area contributed by atoms with Crippen LogP contribution in [0.4, 0.5) is 0 Å². The Morgan fingerprint density at radius 1 is 0.280 bits per heavy atom. The second-order valence-corrected chi connectivity index (χ2v) is 13.8. The fourth-order valence-electron chi connectivity index (χ4n) is 5.68. The lowest BCUT2D eigenvalue weighted by atomic mass is 10.1. The van der Waals surface area contributed by atoms with Crippen LogP contribution in [0.1, 0.15) is 194 Å². The summed E-state index contributed by atoms with van der Waals surface area (Å²) in [6.07, 6.45) is 48.1. The molecule has 0 aliphatic rings. The normalized spacial score (nSPS) is 11.6. The average molecular weight is 713 g/mol. The van der Waals surface area contributed by atoms with Crippen LogP contribution in [-0.4, -0.2) is 76.3 Å². The van der Waals surface area contributed by atoms with Crippen molar-refractivity contribution in [2.75, 3.05) is 66.1 Å². The van der Waals surface area contributed by atoms with Crippen molar-refractivity contribution in [2.24, 2.45) is 0 Å². The molecule has 0 amide bonds. The van der Waals surface area contributed by atoms with Crippen LogP contribution < -0.4 is 0 Å². The predicted molar refractivity (Wildman–Crippen MR) is 216 cm³/mol. The fraction of sp³-hybridized carbons (Fsp3) is 0.909. The predicted octanol–water partition coefficient (Wildman–Crippen LogP) is 12.1. The third-order valence-corrected chi connectivity index (χ3v) is 8.82. The van der Waals surface area contributed by atoms with Gasteiger partial charge in [0.2, 0.25) is 0 Å². The highest BCUT2D eigenvalue weighted by molar-refractivity contribution is 4.82. The molecule has 0 fully saturated rings. The van der Waals surface area contributed by atoms with Gasteiger partial charge in [-0.05, 0) is 64.2 Å². The molecule has 0 atom stereocenters. The Hall–Kier alpha value is -0.760. The van der Waals surface area contributed by atoms with E-state index in [1.807, 2.05) is 0 Å². The van der Waals surface area contributed by atoms with Gasteiger partial charge in [0, 0.05) is 13.2 Å². The summed E-state index contributed by atoms with van der Waals surface area (Å²) in [5.74, 6) is 0. The lowest BCUT2D eigenvalue weighted by Gasteiger charge is -2.05. The highest BCUT2D eigenvalue weighted by Gasteiger charge is 1.95. The Morgan fingerprint density at radius 3 is 0.820 bits per heavy atom.